The number of aryl methyl sites for hydroxylation is 1. The average Bonchev–Trinajstić information content (AvgIpc) is 2.99. The molecule has 0 atom stereocenters. The summed E-state index contributed by atoms with van der Waals surface area (Å²) in [5, 5.41) is 7.29. The van der Waals surface area contributed by atoms with Crippen molar-refractivity contribution in [2.75, 3.05) is 42.9 Å². The van der Waals surface area contributed by atoms with Gasteiger partial charge in [0.1, 0.15) is 5.76 Å². The smallest absolute Gasteiger partial charge is 0.231 e. The number of carbonyl (C=O) groups is 1. The van der Waals surface area contributed by atoms with Crippen molar-refractivity contribution in [2.24, 2.45) is 0 Å². The summed E-state index contributed by atoms with van der Waals surface area (Å²) in [4.78, 5) is 15.8. The molecule has 0 bridgehead atoms. The zero-order chi connectivity index (χ0) is 16.9. The van der Waals surface area contributed by atoms with Crippen molar-refractivity contribution in [3.63, 3.8) is 0 Å². The van der Waals surface area contributed by atoms with E-state index < -0.39 is 0 Å². The van der Waals surface area contributed by atoms with E-state index in [1.165, 1.54) is 10.6 Å². The minimum atomic E-state index is -0.0177. The molecule has 6 nitrogen and oxygen atoms in total. The number of rotatable bonds is 5. The van der Waals surface area contributed by atoms with Gasteiger partial charge in [-0.25, -0.2) is 0 Å². The van der Waals surface area contributed by atoms with Crippen LogP contribution in [0.2, 0.25) is 5.02 Å². The first-order chi connectivity index (χ1) is 11.6. The zero-order valence-corrected chi connectivity index (χ0v) is 14.5. The van der Waals surface area contributed by atoms with E-state index >= 15 is 0 Å². The third kappa shape index (κ3) is 4.49. The monoisotopic (exact) mass is 349 g/mol. The van der Waals surface area contributed by atoms with Crippen molar-refractivity contribution in [3.8, 4) is 0 Å². The molecule has 3 rings (SSSR count). The number of piperazine rings is 1. The highest BCUT2D eigenvalue weighted by Crippen LogP contribution is 2.17. The molecular formula is C17H22ClN4O2+. The van der Waals surface area contributed by atoms with Gasteiger partial charge in [-0.05, 0) is 31.2 Å². The Morgan fingerprint density at radius 3 is 2.67 bits per heavy atom. The molecule has 0 aliphatic carbocycles. The van der Waals surface area contributed by atoms with E-state index in [4.69, 9.17) is 16.1 Å². The molecule has 0 radical (unpaired) electrons. The number of benzene rings is 1. The first-order valence-corrected chi connectivity index (χ1v) is 8.55. The molecule has 7 heteroatoms. The lowest BCUT2D eigenvalue weighted by Crippen LogP contribution is -3.15. The lowest BCUT2D eigenvalue weighted by molar-refractivity contribution is -0.900. The highest BCUT2D eigenvalue weighted by Gasteiger charge is 2.21. The van der Waals surface area contributed by atoms with Crippen LogP contribution in [0, 0.1) is 6.92 Å². The molecule has 0 spiro atoms. The van der Waals surface area contributed by atoms with E-state index in [0.717, 1.165) is 37.7 Å². The Morgan fingerprint density at radius 1 is 1.33 bits per heavy atom. The number of amides is 1. The van der Waals surface area contributed by atoms with Crippen LogP contribution in [0.4, 0.5) is 11.5 Å². The van der Waals surface area contributed by atoms with Gasteiger partial charge in [0.15, 0.2) is 5.82 Å². The molecule has 1 aromatic carbocycles. The lowest BCUT2D eigenvalue weighted by Gasteiger charge is -2.33. The molecule has 24 heavy (non-hydrogen) atoms. The standard InChI is InChI=1S/C17H21ClN4O2/c1-13-12-16(20-24-13)19-17(23)6-7-21-8-10-22(11-9-21)15-4-2-14(18)3-5-15/h2-5,12H,6-11H2,1H3,(H,19,20,23)/p+1. The maximum absolute atomic E-state index is 12.0. The van der Waals surface area contributed by atoms with Crippen molar-refractivity contribution in [1.29, 1.82) is 0 Å². The largest absolute Gasteiger partial charge is 0.360 e. The number of carbonyl (C=O) groups excluding carboxylic acids is 1. The predicted molar refractivity (Wildman–Crippen MR) is 93.7 cm³/mol. The maximum atomic E-state index is 12.0. The van der Waals surface area contributed by atoms with Gasteiger partial charge >= 0.3 is 0 Å². The minimum absolute atomic E-state index is 0.0177. The van der Waals surface area contributed by atoms with Gasteiger partial charge in [0.25, 0.3) is 0 Å². The Bertz CT molecular complexity index is 678. The van der Waals surface area contributed by atoms with Crippen LogP contribution in [-0.2, 0) is 4.79 Å². The Kier molecular flexibility index (Phi) is 5.37. The number of aromatic nitrogens is 1. The molecular weight excluding hydrogens is 328 g/mol. The van der Waals surface area contributed by atoms with E-state index in [1.54, 1.807) is 13.0 Å². The summed E-state index contributed by atoms with van der Waals surface area (Å²) in [6, 6.07) is 9.68. The third-order valence-electron chi connectivity index (χ3n) is 4.26. The van der Waals surface area contributed by atoms with Crippen LogP contribution < -0.4 is 15.1 Å². The number of nitrogens with zero attached hydrogens (tertiary/aromatic N) is 2. The van der Waals surface area contributed by atoms with Crippen LogP contribution in [0.5, 0.6) is 0 Å². The SMILES string of the molecule is Cc1cc(NC(=O)CC[NH+]2CCN(c3ccc(Cl)cc3)CC2)no1. The first-order valence-electron chi connectivity index (χ1n) is 8.17. The molecule has 0 saturated carbocycles. The number of halogens is 1. The van der Waals surface area contributed by atoms with Gasteiger partial charge in [-0.15, -0.1) is 0 Å². The van der Waals surface area contributed by atoms with E-state index in [1.807, 2.05) is 12.1 Å². The molecule has 2 heterocycles. The van der Waals surface area contributed by atoms with Gasteiger partial charge in [-0.1, -0.05) is 16.8 Å². The topological polar surface area (TPSA) is 62.8 Å². The minimum Gasteiger partial charge on any atom is -0.360 e. The first kappa shape index (κ1) is 16.8. The fraction of sp³-hybridized carbons (Fsp3) is 0.412. The fourth-order valence-electron chi connectivity index (χ4n) is 2.90. The Hall–Kier alpha value is -2.05. The quantitative estimate of drug-likeness (QED) is 0.856. The number of hydrogen-bond donors (Lipinski definition) is 2. The Balaban J connectivity index is 1.40. The van der Waals surface area contributed by atoms with Crippen molar-refractivity contribution < 1.29 is 14.2 Å². The molecule has 2 aromatic rings. The summed E-state index contributed by atoms with van der Waals surface area (Å²) >= 11 is 5.93. The predicted octanol–water partition coefficient (Wildman–Crippen LogP) is 1.37. The Morgan fingerprint density at radius 2 is 2.04 bits per heavy atom. The summed E-state index contributed by atoms with van der Waals surface area (Å²) < 4.78 is 4.94. The molecule has 128 valence electrons. The third-order valence-corrected chi connectivity index (χ3v) is 4.52. The molecule has 2 N–H and O–H groups in total. The second kappa shape index (κ2) is 7.68. The molecule has 1 aliphatic heterocycles. The van der Waals surface area contributed by atoms with Gasteiger partial charge in [0, 0.05) is 16.8 Å². The number of anilines is 2. The van der Waals surface area contributed by atoms with E-state index in [0.29, 0.717) is 18.0 Å². The van der Waals surface area contributed by atoms with Crippen LogP contribution in [0.15, 0.2) is 34.9 Å². The second-order valence-electron chi connectivity index (χ2n) is 6.08. The molecule has 1 aliphatic rings. The summed E-state index contributed by atoms with van der Waals surface area (Å²) in [5.74, 6) is 1.16. The van der Waals surface area contributed by atoms with Gasteiger partial charge in [-0.2, -0.15) is 0 Å². The van der Waals surface area contributed by atoms with Crippen molar-refractivity contribution in [3.05, 3.63) is 41.1 Å². The van der Waals surface area contributed by atoms with Gasteiger partial charge in [0.2, 0.25) is 5.91 Å². The summed E-state index contributed by atoms with van der Waals surface area (Å²) in [6.45, 7) is 6.66. The molecule has 0 unspecified atom stereocenters. The van der Waals surface area contributed by atoms with Crippen LogP contribution in [0.25, 0.3) is 0 Å². The fourth-order valence-corrected chi connectivity index (χ4v) is 3.03. The summed E-state index contributed by atoms with van der Waals surface area (Å²) in [6.07, 6.45) is 0.488. The van der Waals surface area contributed by atoms with Crippen LogP contribution in [-0.4, -0.2) is 43.8 Å². The normalized spacial score (nSPS) is 15.5. The molecule has 1 aromatic heterocycles. The van der Waals surface area contributed by atoms with E-state index in [9.17, 15) is 4.79 Å². The average molecular weight is 350 g/mol. The van der Waals surface area contributed by atoms with Gasteiger partial charge in [-0.3, -0.25) is 4.79 Å². The zero-order valence-electron chi connectivity index (χ0n) is 13.7. The van der Waals surface area contributed by atoms with Crippen molar-refractivity contribution >= 4 is 29.0 Å². The van der Waals surface area contributed by atoms with Crippen LogP contribution in [0.3, 0.4) is 0 Å². The van der Waals surface area contributed by atoms with Gasteiger partial charge < -0.3 is 19.6 Å². The van der Waals surface area contributed by atoms with Crippen molar-refractivity contribution in [1.82, 2.24) is 5.16 Å². The number of quaternary nitrogens is 1. The molecule has 1 fully saturated rings. The Labute approximate surface area is 146 Å². The molecule has 1 saturated heterocycles. The van der Waals surface area contributed by atoms with E-state index in [-0.39, 0.29) is 5.91 Å². The lowest BCUT2D eigenvalue weighted by atomic mass is 10.2. The second-order valence-corrected chi connectivity index (χ2v) is 6.52. The maximum Gasteiger partial charge on any atom is 0.231 e. The summed E-state index contributed by atoms with van der Waals surface area (Å²) in [5.41, 5.74) is 1.21. The van der Waals surface area contributed by atoms with E-state index in [2.05, 4.69) is 27.5 Å². The summed E-state index contributed by atoms with van der Waals surface area (Å²) in [7, 11) is 0. The number of hydrogen-bond acceptors (Lipinski definition) is 4. The number of nitrogens with one attached hydrogen (secondary N) is 2. The highest BCUT2D eigenvalue weighted by atomic mass is 35.5. The van der Waals surface area contributed by atoms with Crippen LogP contribution in [0.1, 0.15) is 12.2 Å². The molecule has 1 amide bonds. The van der Waals surface area contributed by atoms with Crippen LogP contribution >= 0.6 is 11.6 Å². The van der Waals surface area contributed by atoms with Crippen molar-refractivity contribution in [2.45, 2.75) is 13.3 Å². The highest BCUT2D eigenvalue weighted by molar-refractivity contribution is 6.30. The van der Waals surface area contributed by atoms with Gasteiger partial charge in [0.05, 0.1) is 39.1 Å².